The highest BCUT2D eigenvalue weighted by atomic mass is 127. The van der Waals surface area contributed by atoms with E-state index in [2.05, 4.69) is 34.5 Å². The summed E-state index contributed by atoms with van der Waals surface area (Å²) in [6.07, 6.45) is 8.06. The fraction of sp³-hybridized carbons (Fsp3) is 0.765. The molecule has 1 aromatic rings. The zero-order valence-corrected chi connectivity index (χ0v) is 17.6. The lowest BCUT2D eigenvalue weighted by Gasteiger charge is -2.43. The highest BCUT2D eigenvalue weighted by molar-refractivity contribution is 14.0. The maximum absolute atomic E-state index is 4.59. The van der Waals surface area contributed by atoms with Crippen molar-refractivity contribution in [2.45, 2.75) is 52.4 Å². The van der Waals surface area contributed by atoms with Crippen LogP contribution in [-0.2, 0) is 6.42 Å². The predicted octanol–water partition coefficient (Wildman–Crippen LogP) is 3.67. The molecule has 0 unspecified atom stereocenters. The van der Waals surface area contributed by atoms with Gasteiger partial charge in [0.25, 0.3) is 0 Å². The molecule has 3 rings (SSSR count). The first-order valence-electron chi connectivity index (χ1n) is 8.50. The zero-order valence-electron chi connectivity index (χ0n) is 14.4. The molecular weight excluding hydrogens is 419 g/mol. The molecule has 2 aliphatic carbocycles. The SMILES string of the molecule is CN=C(NCCc1nc(C)c(C)s1)NCC1(C2CC2)CCC1.I. The molecule has 2 saturated carbocycles. The first-order valence-corrected chi connectivity index (χ1v) is 9.32. The number of thiazole rings is 1. The Hall–Kier alpha value is -0.370. The van der Waals surface area contributed by atoms with Crippen molar-refractivity contribution in [3.63, 3.8) is 0 Å². The van der Waals surface area contributed by atoms with Crippen molar-refractivity contribution >= 4 is 41.3 Å². The molecule has 130 valence electrons. The Morgan fingerprint density at radius 2 is 2.04 bits per heavy atom. The van der Waals surface area contributed by atoms with E-state index in [1.165, 1.54) is 47.7 Å². The number of nitrogens with one attached hydrogen (secondary N) is 2. The average Bonchev–Trinajstić information content (AvgIpc) is 3.24. The van der Waals surface area contributed by atoms with Crippen LogP contribution in [0.5, 0.6) is 0 Å². The first-order chi connectivity index (χ1) is 10.6. The Morgan fingerprint density at radius 1 is 1.30 bits per heavy atom. The van der Waals surface area contributed by atoms with Crippen LogP contribution in [0.2, 0.25) is 0 Å². The second-order valence-electron chi connectivity index (χ2n) is 6.84. The number of aliphatic imine (C=N–C) groups is 1. The normalized spacial score (nSPS) is 19.7. The van der Waals surface area contributed by atoms with Crippen molar-refractivity contribution in [1.82, 2.24) is 15.6 Å². The lowest BCUT2D eigenvalue weighted by molar-refractivity contribution is 0.106. The third kappa shape index (κ3) is 4.59. The van der Waals surface area contributed by atoms with E-state index < -0.39 is 0 Å². The molecular formula is C17H29IN4S. The van der Waals surface area contributed by atoms with Crippen molar-refractivity contribution in [1.29, 1.82) is 0 Å². The second kappa shape index (κ2) is 8.14. The minimum Gasteiger partial charge on any atom is -0.356 e. The Morgan fingerprint density at radius 3 is 2.52 bits per heavy atom. The third-order valence-electron chi connectivity index (χ3n) is 5.33. The van der Waals surface area contributed by atoms with Gasteiger partial charge in [-0.3, -0.25) is 4.99 Å². The van der Waals surface area contributed by atoms with Gasteiger partial charge in [0.15, 0.2) is 5.96 Å². The van der Waals surface area contributed by atoms with E-state index in [0.29, 0.717) is 5.41 Å². The summed E-state index contributed by atoms with van der Waals surface area (Å²) in [5.74, 6) is 1.92. The van der Waals surface area contributed by atoms with Gasteiger partial charge in [0.1, 0.15) is 0 Å². The maximum atomic E-state index is 4.59. The summed E-state index contributed by atoms with van der Waals surface area (Å²) in [5.41, 5.74) is 1.75. The number of hydrogen-bond acceptors (Lipinski definition) is 3. The number of aromatic nitrogens is 1. The molecule has 0 aliphatic heterocycles. The summed E-state index contributed by atoms with van der Waals surface area (Å²) in [5, 5.41) is 8.20. The van der Waals surface area contributed by atoms with Crippen LogP contribution < -0.4 is 10.6 Å². The lowest BCUT2D eigenvalue weighted by atomic mass is 9.65. The largest absolute Gasteiger partial charge is 0.356 e. The zero-order chi connectivity index (χ0) is 15.6. The minimum atomic E-state index is 0. The summed E-state index contributed by atoms with van der Waals surface area (Å²) in [6, 6.07) is 0. The molecule has 6 heteroatoms. The van der Waals surface area contributed by atoms with Gasteiger partial charge in [-0.1, -0.05) is 6.42 Å². The van der Waals surface area contributed by atoms with Gasteiger partial charge in [-0.2, -0.15) is 0 Å². The van der Waals surface area contributed by atoms with Crippen LogP contribution in [0.3, 0.4) is 0 Å². The van der Waals surface area contributed by atoms with Gasteiger partial charge >= 0.3 is 0 Å². The molecule has 1 heterocycles. The van der Waals surface area contributed by atoms with Gasteiger partial charge in [-0.05, 0) is 50.9 Å². The molecule has 2 aliphatic rings. The molecule has 23 heavy (non-hydrogen) atoms. The molecule has 1 aromatic heterocycles. The molecule has 4 nitrogen and oxygen atoms in total. The molecule has 2 fully saturated rings. The Labute approximate surface area is 161 Å². The van der Waals surface area contributed by atoms with Crippen LogP contribution in [0.25, 0.3) is 0 Å². The first kappa shape index (κ1) is 19.0. The number of nitrogens with zero attached hydrogens (tertiary/aromatic N) is 2. The summed E-state index contributed by atoms with van der Waals surface area (Å²) < 4.78 is 0. The van der Waals surface area contributed by atoms with E-state index in [0.717, 1.165) is 31.4 Å². The number of aryl methyl sites for hydroxylation is 2. The predicted molar refractivity (Wildman–Crippen MR) is 109 cm³/mol. The molecule has 0 bridgehead atoms. The third-order valence-corrected chi connectivity index (χ3v) is 6.46. The molecule has 0 amide bonds. The average molecular weight is 448 g/mol. The molecule has 2 N–H and O–H groups in total. The smallest absolute Gasteiger partial charge is 0.191 e. The Bertz CT molecular complexity index is 527. The van der Waals surface area contributed by atoms with Crippen molar-refractivity contribution in [3.05, 3.63) is 15.6 Å². The van der Waals surface area contributed by atoms with Gasteiger partial charge < -0.3 is 10.6 Å². The van der Waals surface area contributed by atoms with Crippen LogP contribution in [0, 0.1) is 25.2 Å². The molecule has 0 atom stereocenters. The second-order valence-corrected chi connectivity index (χ2v) is 8.13. The Kier molecular flexibility index (Phi) is 6.71. The van der Waals surface area contributed by atoms with E-state index >= 15 is 0 Å². The van der Waals surface area contributed by atoms with Crippen LogP contribution in [-0.4, -0.2) is 31.1 Å². The van der Waals surface area contributed by atoms with Gasteiger partial charge in [-0.15, -0.1) is 35.3 Å². The monoisotopic (exact) mass is 448 g/mol. The lowest BCUT2D eigenvalue weighted by Crippen LogP contribution is -2.47. The van der Waals surface area contributed by atoms with E-state index in [1.54, 1.807) is 11.3 Å². The Balaban J connectivity index is 0.00000192. The van der Waals surface area contributed by atoms with Crippen LogP contribution in [0.4, 0.5) is 0 Å². The molecule has 0 spiro atoms. The standard InChI is InChI=1S/C17H28N4S.HI/c1-12-13(2)22-15(21-12)7-10-19-16(18-3)20-11-17(8-4-9-17)14-5-6-14;/h14H,4-11H2,1-3H3,(H2,18,19,20);1H. The topological polar surface area (TPSA) is 49.3 Å². The molecule has 0 aromatic carbocycles. The number of rotatable bonds is 6. The van der Waals surface area contributed by atoms with Gasteiger partial charge in [0.05, 0.1) is 10.7 Å². The van der Waals surface area contributed by atoms with Crippen LogP contribution in [0.1, 0.15) is 47.7 Å². The van der Waals surface area contributed by atoms with Crippen molar-refractivity contribution < 1.29 is 0 Å². The van der Waals surface area contributed by atoms with E-state index in [1.807, 2.05) is 7.05 Å². The summed E-state index contributed by atoms with van der Waals surface area (Å²) >= 11 is 1.80. The van der Waals surface area contributed by atoms with Crippen molar-refractivity contribution in [2.24, 2.45) is 16.3 Å². The molecule has 0 saturated heterocycles. The maximum Gasteiger partial charge on any atom is 0.191 e. The summed E-state index contributed by atoms with van der Waals surface area (Å²) in [7, 11) is 1.86. The van der Waals surface area contributed by atoms with E-state index in [-0.39, 0.29) is 24.0 Å². The summed E-state index contributed by atoms with van der Waals surface area (Å²) in [6.45, 7) is 6.20. The van der Waals surface area contributed by atoms with Gasteiger partial charge in [0, 0.05) is 31.4 Å². The highest BCUT2D eigenvalue weighted by Gasteiger charge is 2.48. The number of guanidine groups is 1. The van der Waals surface area contributed by atoms with E-state index in [4.69, 9.17) is 0 Å². The van der Waals surface area contributed by atoms with Gasteiger partial charge in [0.2, 0.25) is 0 Å². The quantitative estimate of drug-likeness (QED) is 0.397. The van der Waals surface area contributed by atoms with E-state index in [9.17, 15) is 0 Å². The fourth-order valence-electron chi connectivity index (χ4n) is 3.47. The highest BCUT2D eigenvalue weighted by Crippen LogP contribution is 2.56. The fourth-order valence-corrected chi connectivity index (χ4v) is 4.40. The summed E-state index contributed by atoms with van der Waals surface area (Å²) in [4.78, 5) is 10.3. The van der Waals surface area contributed by atoms with Gasteiger partial charge in [-0.25, -0.2) is 4.98 Å². The van der Waals surface area contributed by atoms with Crippen molar-refractivity contribution in [2.75, 3.05) is 20.1 Å². The molecule has 0 radical (unpaired) electrons. The minimum absolute atomic E-state index is 0. The number of halogens is 1. The van der Waals surface area contributed by atoms with Crippen LogP contribution >= 0.6 is 35.3 Å². The number of hydrogen-bond donors (Lipinski definition) is 2. The van der Waals surface area contributed by atoms with Crippen LogP contribution in [0.15, 0.2) is 4.99 Å². The van der Waals surface area contributed by atoms with Crippen molar-refractivity contribution in [3.8, 4) is 0 Å².